The molecule has 19 heavy (non-hydrogen) atoms. The van der Waals surface area contributed by atoms with Crippen LogP contribution in [0.4, 0.5) is 0 Å². The fourth-order valence-corrected chi connectivity index (χ4v) is 2.16. The minimum absolute atomic E-state index is 0.582. The lowest BCUT2D eigenvalue weighted by atomic mass is 10.1. The smallest absolute Gasteiger partial charge is 0.223 e. The van der Waals surface area contributed by atoms with Gasteiger partial charge in [0.05, 0.1) is 0 Å². The van der Waals surface area contributed by atoms with Crippen molar-refractivity contribution in [3.05, 3.63) is 45.8 Å². The molecule has 0 bridgehead atoms. The average molecular weight is 321 g/mol. The molecule has 0 aliphatic rings. The van der Waals surface area contributed by atoms with Crippen LogP contribution >= 0.6 is 15.9 Å². The molecule has 0 N–H and O–H groups in total. The molecule has 2 aromatic rings. The van der Waals surface area contributed by atoms with Crippen LogP contribution < -0.4 is 4.74 Å². The van der Waals surface area contributed by atoms with E-state index >= 15 is 0 Å². The molecule has 3 nitrogen and oxygen atoms in total. The average Bonchev–Trinajstić information content (AvgIpc) is 2.33. The first kappa shape index (κ1) is 14.0. The first-order valence-electron chi connectivity index (χ1n) is 6.37. The maximum atomic E-state index is 5.88. The normalized spacial score (nSPS) is 10.5. The van der Waals surface area contributed by atoms with Crippen LogP contribution in [0, 0.1) is 13.8 Å². The van der Waals surface area contributed by atoms with Crippen LogP contribution in [-0.2, 0) is 6.42 Å². The SMILES string of the molecule is CCCc1nc(Br)cc(Oc2cc(C)ccc2C)n1. The second-order valence-corrected chi connectivity index (χ2v) is 5.38. The first-order chi connectivity index (χ1) is 9.08. The minimum atomic E-state index is 0.582. The summed E-state index contributed by atoms with van der Waals surface area (Å²) in [4.78, 5) is 8.76. The summed E-state index contributed by atoms with van der Waals surface area (Å²) in [6.45, 7) is 6.18. The number of hydrogen-bond acceptors (Lipinski definition) is 3. The number of hydrogen-bond donors (Lipinski definition) is 0. The summed E-state index contributed by atoms with van der Waals surface area (Å²) in [6.07, 6.45) is 1.86. The Morgan fingerprint density at radius 3 is 2.68 bits per heavy atom. The van der Waals surface area contributed by atoms with E-state index in [-0.39, 0.29) is 0 Å². The molecule has 0 radical (unpaired) electrons. The van der Waals surface area contributed by atoms with Gasteiger partial charge >= 0.3 is 0 Å². The summed E-state index contributed by atoms with van der Waals surface area (Å²) in [5, 5.41) is 0. The Bertz CT molecular complexity index is 584. The quantitative estimate of drug-likeness (QED) is 0.772. The van der Waals surface area contributed by atoms with Gasteiger partial charge in [-0.25, -0.2) is 4.98 Å². The highest BCUT2D eigenvalue weighted by Gasteiger charge is 2.07. The zero-order valence-electron chi connectivity index (χ0n) is 11.4. The van der Waals surface area contributed by atoms with Gasteiger partial charge in [0.25, 0.3) is 0 Å². The number of nitrogens with zero attached hydrogens (tertiary/aromatic N) is 2. The Kier molecular flexibility index (Phi) is 4.53. The van der Waals surface area contributed by atoms with Gasteiger partial charge in [-0.05, 0) is 53.4 Å². The van der Waals surface area contributed by atoms with Crippen molar-refractivity contribution in [3.63, 3.8) is 0 Å². The van der Waals surface area contributed by atoms with Crippen LogP contribution in [0.3, 0.4) is 0 Å². The Morgan fingerprint density at radius 2 is 1.95 bits per heavy atom. The number of aryl methyl sites for hydroxylation is 3. The van der Waals surface area contributed by atoms with E-state index in [1.807, 2.05) is 26.0 Å². The van der Waals surface area contributed by atoms with E-state index in [4.69, 9.17) is 4.74 Å². The summed E-state index contributed by atoms with van der Waals surface area (Å²) in [5.74, 6) is 2.23. The maximum absolute atomic E-state index is 5.88. The van der Waals surface area contributed by atoms with Gasteiger partial charge in [0.15, 0.2) is 0 Å². The molecule has 1 aromatic heterocycles. The van der Waals surface area contributed by atoms with Crippen molar-refractivity contribution in [1.29, 1.82) is 0 Å². The molecule has 0 unspecified atom stereocenters. The van der Waals surface area contributed by atoms with Crippen molar-refractivity contribution < 1.29 is 4.74 Å². The van der Waals surface area contributed by atoms with Gasteiger partial charge in [-0.3, -0.25) is 0 Å². The zero-order chi connectivity index (χ0) is 13.8. The molecule has 0 fully saturated rings. The third-order valence-electron chi connectivity index (χ3n) is 2.75. The van der Waals surface area contributed by atoms with Crippen molar-refractivity contribution in [2.24, 2.45) is 0 Å². The number of rotatable bonds is 4. The summed E-state index contributed by atoms with van der Waals surface area (Å²) in [6, 6.07) is 7.93. The third-order valence-corrected chi connectivity index (χ3v) is 3.16. The van der Waals surface area contributed by atoms with E-state index in [0.29, 0.717) is 5.88 Å². The van der Waals surface area contributed by atoms with Gasteiger partial charge in [0.2, 0.25) is 5.88 Å². The molecule has 0 spiro atoms. The second kappa shape index (κ2) is 6.15. The van der Waals surface area contributed by atoms with E-state index in [1.165, 1.54) is 5.56 Å². The molecule has 0 saturated heterocycles. The fourth-order valence-electron chi connectivity index (χ4n) is 1.76. The summed E-state index contributed by atoms with van der Waals surface area (Å²) >= 11 is 3.40. The van der Waals surface area contributed by atoms with Crippen molar-refractivity contribution in [1.82, 2.24) is 9.97 Å². The van der Waals surface area contributed by atoms with Gasteiger partial charge in [0.1, 0.15) is 16.2 Å². The molecule has 0 amide bonds. The van der Waals surface area contributed by atoms with Gasteiger partial charge in [-0.2, -0.15) is 4.98 Å². The highest BCUT2D eigenvalue weighted by molar-refractivity contribution is 9.10. The Hall–Kier alpha value is -1.42. The van der Waals surface area contributed by atoms with Crippen LogP contribution in [0.5, 0.6) is 11.6 Å². The highest BCUT2D eigenvalue weighted by atomic mass is 79.9. The van der Waals surface area contributed by atoms with E-state index in [2.05, 4.69) is 38.9 Å². The first-order valence-corrected chi connectivity index (χ1v) is 7.16. The van der Waals surface area contributed by atoms with Crippen molar-refractivity contribution in [3.8, 4) is 11.6 Å². The van der Waals surface area contributed by atoms with Crippen molar-refractivity contribution in [2.75, 3.05) is 0 Å². The van der Waals surface area contributed by atoms with Crippen LogP contribution in [0.15, 0.2) is 28.9 Å². The topological polar surface area (TPSA) is 35.0 Å². The second-order valence-electron chi connectivity index (χ2n) is 4.57. The predicted molar refractivity (Wildman–Crippen MR) is 79.7 cm³/mol. The standard InChI is InChI=1S/C15H17BrN2O/c1-4-5-14-17-13(16)9-15(18-14)19-12-8-10(2)6-7-11(12)3/h6-9H,4-5H2,1-3H3. The van der Waals surface area contributed by atoms with Crippen LogP contribution in [0.1, 0.15) is 30.3 Å². The molecule has 1 aromatic carbocycles. The van der Waals surface area contributed by atoms with Crippen molar-refractivity contribution >= 4 is 15.9 Å². The molecule has 100 valence electrons. The molecule has 0 saturated carbocycles. The number of ether oxygens (including phenoxy) is 1. The monoisotopic (exact) mass is 320 g/mol. The van der Waals surface area contributed by atoms with Crippen LogP contribution in [0.25, 0.3) is 0 Å². The Labute approximate surface area is 122 Å². The summed E-state index contributed by atoms with van der Waals surface area (Å²) in [7, 11) is 0. The molecule has 2 rings (SSSR count). The predicted octanol–water partition coefficient (Wildman–Crippen LogP) is 4.60. The van der Waals surface area contributed by atoms with Gasteiger partial charge < -0.3 is 4.74 Å². The molecule has 0 aliphatic carbocycles. The molecule has 0 aliphatic heterocycles. The molecular weight excluding hydrogens is 304 g/mol. The van der Waals surface area contributed by atoms with Gasteiger partial charge in [0, 0.05) is 12.5 Å². The number of halogens is 1. The number of aromatic nitrogens is 2. The number of benzene rings is 1. The van der Waals surface area contributed by atoms with Crippen molar-refractivity contribution in [2.45, 2.75) is 33.6 Å². The van der Waals surface area contributed by atoms with Crippen LogP contribution in [-0.4, -0.2) is 9.97 Å². The van der Waals surface area contributed by atoms with Gasteiger partial charge in [-0.15, -0.1) is 0 Å². The molecule has 4 heteroatoms. The van der Waals surface area contributed by atoms with E-state index < -0.39 is 0 Å². The van der Waals surface area contributed by atoms with Gasteiger partial charge in [-0.1, -0.05) is 19.1 Å². The lowest BCUT2D eigenvalue weighted by Gasteiger charge is -2.10. The largest absolute Gasteiger partial charge is 0.439 e. The fraction of sp³-hybridized carbons (Fsp3) is 0.333. The lowest BCUT2D eigenvalue weighted by molar-refractivity contribution is 0.454. The Balaban J connectivity index is 2.29. The summed E-state index contributed by atoms with van der Waals surface area (Å²) in [5.41, 5.74) is 2.26. The Morgan fingerprint density at radius 1 is 1.16 bits per heavy atom. The van der Waals surface area contributed by atoms with E-state index in [9.17, 15) is 0 Å². The third kappa shape index (κ3) is 3.77. The van der Waals surface area contributed by atoms with Crippen LogP contribution in [0.2, 0.25) is 0 Å². The summed E-state index contributed by atoms with van der Waals surface area (Å²) < 4.78 is 6.63. The molecule has 1 heterocycles. The van der Waals surface area contributed by atoms with E-state index in [1.54, 1.807) is 6.07 Å². The minimum Gasteiger partial charge on any atom is -0.439 e. The van der Waals surface area contributed by atoms with E-state index in [0.717, 1.165) is 34.6 Å². The maximum Gasteiger partial charge on any atom is 0.223 e. The molecule has 0 atom stereocenters. The molecular formula is C15H17BrN2O. The zero-order valence-corrected chi connectivity index (χ0v) is 13.0. The lowest BCUT2D eigenvalue weighted by Crippen LogP contribution is -1.98. The highest BCUT2D eigenvalue weighted by Crippen LogP contribution is 2.26.